The lowest BCUT2D eigenvalue weighted by Crippen LogP contribution is -2.15. The van der Waals surface area contributed by atoms with Crippen LogP contribution in [0.4, 0.5) is 14.5 Å². The average molecular weight is 497 g/mol. The Labute approximate surface area is 200 Å². The highest BCUT2D eigenvalue weighted by Gasteiger charge is 2.32. The molecule has 1 fully saturated rings. The number of benzene rings is 2. The molecule has 2 aromatic carbocycles. The van der Waals surface area contributed by atoms with Crippen molar-refractivity contribution in [2.75, 3.05) is 16.8 Å². The lowest BCUT2D eigenvalue weighted by atomic mass is 10.0. The van der Waals surface area contributed by atoms with Crippen LogP contribution in [0.15, 0.2) is 48.5 Å². The molecular weight excluding hydrogens is 474 g/mol. The molecule has 0 aliphatic carbocycles. The molecule has 1 aliphatic heterocycles. The van der Waals surface area contributed by atoms with Crippen molar-refractivity contribution in [2.45, 2.75) is 26.3 Å². The summed E-state index contributed by atoms with van der Waals surface area (Å²) in [5.74, 6) is -1.56. The maximum absolute atomic E-state index is 14.7. The molecule has 1 saturated heterocycles. The van der Waals surface area contributed by atoms with Gasteiger partial charge in [-0.3, -0.25) is 4.79 Å². The molecule has 5 rings (SSSR count). The van der Waals surface area contributed by atoms with Crippen molar-refractivity contribution in [3.05, 3.63) is 77.0 Å². The Kier molecular flexibility index (Phi) is 5.63. The van der Waals surface area contributed by atoms with Crippen LogP contribution in [0.3, 0.4) is 0 Å². The largest absolute Gasteiger partial charge is 0.322 e. The van der Waals surface area contributed by atoms with Crippen molar-refractivity contribution in [3.8, 4) is 11.3 Å². The highest BCUT2D eigenvalue weighted by Crippen LogP contribution is 2.33. The number of halogens is 2. The van der Waals surface area contributed by atoms with Crippen molar-refractivity contribution < 1.29 is 22.0 Å². The summed E-state index contributed by atoms with van der Waals surface area (Å²) in [7, 11) is -3.21. The second-order valence-corrected chi connectivity index (χ2v) is 11.0. The van der Waals surface area contributed by atoms with Crippen molar-refractivity contribution in [1.29, 1.82) is 0 Å². The van der Waals surface area contributed by atoms with Crippen molar-refractivity contribution in [1.82, 2.24) is 14.8 Å². The fraction of sp³-hybridized carbons (Fsp3) is 0.240. The van der Waals surface area contributed by atoms with Gasteiger partial charge in [-0.1, -0.05) is 18.2 Å². The molecule has 1 amide bonds. The number of nitrogens with one attached hydrogen (secondary N) is 1. The van der Waals surface area contributed by atoms with Crippen LogP contribution in [-0.4, -0.2) is 40.6 Å². The number of hydrogen-bond acceptors (Lipinski definition) is 5. The van der Waals surface area contributed by atoms with E-state index in [0.29, 0.717) is 28.7 Å². The van der Waals surface area contributed by atoms with Gasteiger partial charge in [0.05, 0.1) is 39.9 Å². The van der Waals surface area contributed by atoms with E-state index in [4.69, 9.17) is 0 Å². The van der Waals surface area contributed by atoms with E-state index in [2.05, 4.69) is 15.4 Å². The molecule has 4 aromatic rings. The maximum atomic E-state index is 14.7. The minimum atomic E-state index is -3.21. The Morgan fingerprint density at radius 3 is 2.54 bits per heavy atom. The fourth-order valence-electron chi connectivity index (χ4n) is 4.39. The van der Waals surface area contributed by atoms with E-state index in [1.807, 2.05) is 0 Å². The van der Waals surface area contributed by atoms with Crippen LogP contribution in [0.5, 0.6) is 0 Å². The SMILES string of the molecule is Cc1ccc(NC(=O)c2cc(-c3ccccc3F)nc3c2c(C)nn3C2CCS(=O)(=O)C2)cc1F. The van der Waals surface area contributed by atoms with Crippen molar-refractivity contribution in [3.63, 3.8) is 0 Å². The molecular formula is C25H22F2N4O3S. The summed E-state index contributed by atoms with van der Waals surface area (Å²) in [4.78, 5) is 18.0. The minimum Gasteiger partial charge on any atom is -0.322 e. The van der Waals surface area contributed by atoms with Crippen LogP contribution < -0.4 is 5.32 Å². The predicted octanol–water partition coefficient (Wildman–Crippen LogP) is 4.61. The molecule has 35 heavy (non-hydrogen) atoms. The van der Waals surface area contributed by atoms with Gasteiger partial charge >= 0.3 is 0 Å². The number of amides is 1. The average Bonchev–Trinajstić information content (AvgIpc) is 3.34. The first-order chi connectivity index (χ1) is 16.6. The van der Waals surface area contributed by atoms with Gasteiger partial charge in [-0.2, -0.15) is 5.10 Å². The van der Waals surface area contributed by atoms with Gasteiger partial charge in [-0.15, -0.1) is 0 Å². The summed E-state index contributed by atoms with van der Waals surface area (Å²) >= 11 is 0. The fourth-order valence-corrected chi connectivity index (χ4v) is 6.08. The summed E-state index contributed by atoms with van der Waals surface area (Å²) in [5.41, 5.74) is 2.07. The van der Waals surface area contributed by atoms with E-state index in [1.165, 1.54) is 22.9 Å². The van der Waals surface area contributed by atoms with Crippen LogP contribution in [0.1, 0.15) is 34.1 Å². The molecule has 7 nitrogen and oxygen atoms in total. The highest BCUT2D eigenvalue weighted by atomic mass is 32.2. The molecule has 2 aromatic heterocycles. The van der Waals surface area contributed by atoms with Gasteiger partial charge in [-0.25, -0.2) is 26.9 Å². The van der Waals surface area contributed by atoms with E-state index in [1.54, 1.807) is 44.2 Å². The second-order valence-electron chi connectivity index (χ2n) is 8.74. The molecule has 0 radical (unpaired) electrons. The Balaban J connectivity index is 1.69. The molecule has 1 atom stereocenters. The number of aromatic nitrogens is 3. The van der Waals surface area contributed by atoms with Crippen LogP contribution in [-0.2, 0) is 9.84 Å². The monoisotopic (exact) mass is 496 g/mol. The number of fused-ring (bicyclic) bond motifs is 1. The van der Waals surface area contributed by atoms with Gasteiger partial charge in [0.25, 0.3) is 5.91 Å². The lowest BCUT2D eigenvalue weighted by Gasteiger charge is -2.13. The molecule has 3 heterocycles. The van der Waals surface area contributed by atoms with Gasteiger partial charge in [0.15, 0.2) is 15.5 Å². The third-order valence-electron chi connectivity index (χ3n) is 6.22. The first-order valence-electron chi connectivity index (χ1n) is 11.1. The molecule has 180 valence electrons. The van der Waals surface area contributed by atoms with Crippen LogP contribution in [0, 0.1) is 25.5 Å². The smallest absolute Gasteiger partial charge is 0.256 e. The first-order valence-corrected chi connectivity index (χ1v) is 12.9. The van der Waals surface area contributed by atoms with Crippen LogP contribution >= 0.6 is 0 Å². The van der Waals surface area contributed by atoms with Gasteiger partial charge in [0.1, 0.15) is 11.6 Å². The summed E-state index contributed by atoms with van der Waals surface area (Å²) in [6, 6.07) is 11.5. The zero-order chi connectivity index (χ0) is 24.9. The standard InChI is InChI=1S/C25H22F2N4O3S/c1-14-7-8-16(11-21(14)27)28-25(32)19-12-22(18-5-3-4-6-20(18)26)29-24-23(19)15(2)30-31(24)17-9-10-35(33,34)13-17/h3-8,11-12,17H,9-10,13H2,1-2H3,(H,28,32). The van der Waals surface area contributed by atoms with Crippen molar-refractivity contribution in [2.24, 2.45) is 0 Å². The van der Waals surface area contributed by atoms with E-state index >= 15 is 0 Å². The third-order valence-corrected chi connectivity index (χ3v) is 7.97. The van der Waals surface area contributed by atoms with Crippen molar-refractivity contribution >= 4 is 32.5 Å². The lowest BCUT2D eigenvalue weighted by molar-refractivity contribution is 0.102. The number of nitrogens with zero attached hydrogens (tertiary/aromatic N) is 3. The quantitative estimate of drug-likeness (QED) is 0.446. The number of sulfone groups is 1. The normalized spacial score (nSPS) is 17.1. The summed E-state index contributed by atoms with van der Waals surface area (Å²) in [6.07, 6.45) is 0.369. The van der Waals surface area contributed by atoms with E-state index in [9.17, 15) is 22.0 Å². The molecule has 0 saturated carbocycles. The number of anilines is 1. The number of carbonyl (C=O) groups excluding carboxylic acids is 1. The number of carbonyl (C=O) groups is 1. The predicted molar refractivity (Wildman–Crippen MR) is 129 cm³/mol. The topological polar surface area (TPSA) is 93.9 Å². The van der Waals surface area contributed by atoms with E-state index in [0.717, 1.165) is 0 Å². The second kappa shape index (κ2) is 8.53. The zero-order valence-corrected chi connectivity index (χ0v) is 19.9. The summed E-state index contributed by atoms with van der Waals surface area (Å²) in [6.45, 7) is 3.32. The van der Waals surface area contributed by atoms with Gasteiger partial charge in [-0.05, 0) is 56.2 Å². The summed E-state index contributed by atoms with van der Waals surface area (Å²) in [5, 5.41) is 7.65. The number of aryl methyl sites for hydroxylation is 2. The Hall–Kier alpha value is -3.66. The highest BCUT2D eigenvalue weighted by molar-refractivity contribution is 7.91. The Morgan fingerprint density at radius 1 is 1.09 bits per heavy atom. The Morgan fingerprint density at radius 2 is 1.86 bits per heavy atom. The molecule has 0 spiro atoms. The van der Waals surface area contributed by atoms with E-state index in [-0.39, 0.29) is 34.0 Å². The molecule has 0 bridgehead atoms. The molecule has 1 aliphatic rings. The van der Waals surface area contributed by atoms with Gasteiger partial charge < -0.3 is 5.32 Å². The van der Waals surface area contributed by atoms with Gasteiger partial charge in [0.2, 0.25) is 0 Å². The van der Waals surface area contributed by atoms with Crippen LogP contribution in [0.2, 0.25) is 0 Å². The van der Waals surface area contributed by atoms with Crippen LogP contribution in [0.25, 0.3) is 22.3 Å². The molecule has 10 heteroatoms. The zero-order valence-electron chi connectivity index (χ0n) is 19.0. The minimum absolute atomic E-state index is 0.0391. The Bertz CT molecular complexity index is 1600. The first kappa shape index (κ1) is 23.1. The molecule has 1 N–H and O–H groups in total. The van der Waals surface area contributed by atoms with E-state index < -0.39 is 33.4 Å². The maximum Gasteiger partial charge on any atom is 0.256 e. The number of pyridine rings is 1. The third kappa shape index (κ3) is 4.29. The van der Waals surface area contributed by atoms with Gasteiger partial charge in [0, 0.05) is 11.3 Å². The summed E-state index contributed by atoms with van der Waals surface area (Å²) < 4.78 is 54.5. The number of hydrogen-bond donors (Lipinski definition) is 1. The molecule has 1 unspecified atom stereocenters. The number of rotatable bonds is 4.